The van der Waals surface area contributed by atoms with Crippen LogP contribution in [0.4, 0.5) is 0 Å². The van der Waals surface area contributed by atoms with Crippen molar-refractivity contribution < 1.29 is 9.59 Å². The number of Topliss-reactive ketones (excluding diaryl/α,β-unsaturated/α-hetero) is 2. The van der Waals surface area contributed by atoms with Gasteiger partial charge in [0.15, 0.2) is 5.78 Å². The monoisotopic (exact) mass is 340 g/mol. The van der Waals surface area contributed by atoms with Crippen LogP contribution >= 0.6 is 0 Å². The van der Waals surface area contributed by atoms with Gasteiger partial charge in [-0.2, -0.15) is 0 Å². The number of hydrogen-bond donors (Lipinski definition) is 2. The Balaban J connectivity index is 2.19. The molecule has 25 heavy (non-hydrogen) atoms. The minimum atomic E-state index is -0.386. The van der Waals surface area contributed by atoms with Gasteiger partial charge in [0.2, 0.25) is 0 Å². The van der Waals surface area contributed by atoms with Crippen molar-refractivity contribution in [1.29, 1.82) is 0 Å². The van der Waals surface area contributed by atoms with E-state index in [1.54, 1.807) is 6.08 Å². The van der Waals surface area contributed by atoms with Crippen LogP contribution in [-0.4, -0.2) is 21.5 Å². The number of hydrogen-bond acceptors (Lipinski definition) is 2. The van der Waals surface area contributed by atoms with E-state index in [4.69, 9.17) is 0 Å². The van der Waals surface area contributed by atoms with Gasteiger partial charge in [-0.3, -0.25) is 9.59 Å². The second-order valence-corrected chi connectivity index (χ2v) is 8.56. The Labute approximate surface area is 149 Å². The van der Waals surface area contributed by atoms with E-state index >= 15 is 0 Å². The fourth-order valence-electron chi connectivity index (χ4n) is 2.21. The number of nitrogens with one attached hydrogen (secondary N) is 2. The normalized spacial score (nSPS) is 14.2. The van der Waals surface area contributed by atoms with Crippen LogP contribution in [-0.2, 0) is 16.0 Å². The summed E-state index contributed by atoms with van der Waals surface area (Å²) in [5, 5.41) is 1.70. The molecule has 0 saturated heterocycles. The fraction of sp³-hybridized carbons (Fsp3) is 0.429. The topological polar surface area (TPSA) is 65.7 Å². The molecule has 0 saturated carbocycles. The molecule has 0 aliphatic rings. The van der Waals surface area contributed by atoms with Crippen LogP contribution in [0.1, 0.15) is 52.9 Å². The predicted octanol–water partition coefficient (Wildman–Crippen LogP) is 2.73. The molecular formula is C21H28N2O2. The number of rotatable bonds is 4. The summed E-state index contributed by atoms with van der Waals surface area (Å²) in [6.45, 7) is 11.5. The first-order valence-electron chi connectivity index (χ1n) is 8.59. The first-order valence-corrected chi connectivity index (χ1v) is 8.59. The molecule has 0 aliphatic heterocycles. The van der Waals surface area contributed by atoms with Gasteiger partial charge in [0.1, 0.15) is 5.78 Å². The number of aromatic nitrogens is 2. The summed E-state index contributed by atoms with van der Waals surface area (Å²) >= 11 is 0. The lowest BCUT2D eigenvalue weighted by Crippen LogP contribution is -2.22. The van der Waals surface area contributed by atoms with Crippen LogP contribution in [0.3, 0.4) is 0 Å². The van der Waals surface area contributed by atoms with Crippen molar-refractivity contribution in [2.24, 2.45) is 10.8 Å². The van der Waals surface area contributed by atoms with Gasteiger partial charge in [-0.15, -0.1) is 0 Å². The highest BCUT2D eigenvalue weighted by Gasteiger charge is 2.21. The SMILES string of the molecule is CC(C)(C)C(=O)C=c1cc/c(=C/c2ccc(CC(=O)C(C)(C)C)[nH]2)[nH]1. The Bertz CT molecular complexity index is 883. The maximum absolute atomic E-state index is 12.1. The molecule has 0 bridgehead atoms. The van der Waals surface area contributed by atoms with Crippen LogP contribution < -0.4 is 10.7 Å². The first-order chi connectivity index (χ1) is 11.4. The minimum absolute atomic E-state index is 0.0868. The van der Waals surface area contributed by atoms with E-state index in [9.17, 15) is 9.59 Å². The van der Waals surface area contributed by atoms with E-state index in [-0.39, 0.29) is 22.4 Å². The highest BCUT2D eigenvalue weighted by molar-refractivity contribution is 6.08. The van der Waals surface area contributed by atoms with Crippen LogP contribution in [0, 0.1) is 10.8 Å². The molecule has 0 atom stereocenters. The number of carbonyl (C=O) groups is 2. The lowest BCUT2D eigenvalue weighted by atomic mass is 9.88. The third-order valence-corrected chi connectivity index (χ3v) is 4.02. The third-order valence-electron chi connectivity index (χ3n) is 4.02. The Morgan fingerprint density at radius 3 is 2.12 bits per heavy atom. The van der Waals surface area contributed by atoms with Crippen molar-refractivity contribution in [2.45, 2.75) is 48.0 Å². The second kappa shape index (κ2) is 6.87. The fourth-order valence-corrected chi connectivity index (χ4v) is 2.21. The maximum atomic E-state index is 12.1. The van der Waals surface area contributed by atoms with Crippen molar-refractivity contribution in [3.63, 3.8) is 0 Å². The smallest absolute Gasteiger partial charge is 0.163 e. The van der Waals surface area contributed by atoms with Crippen molar-refractivity contribution >= 4 is 23.7 Å². The number of aromatic amines is 2. The van der Waals surface area contributed by atoms with E-state index in [2.05, 4.69) is 9.97 Å². The van der Waals surface area contributed by atoms with Gasteiger partial charge >= 0.3 is 0 Å². The zero-order chi connectivity index (χ0) is 18.8. The molecule has 0 fully saturated rings. The van der Waals surface area contributed by atoms with E-state index < -0.39 is 0 Å². The predicted molar refractivity (Wildman–Crippen MR) is 101 cm³/mol. The van der Waals surface area contributed by atoms with Gasteiger partial charge in [0.25, 0.3) is 0 Å². The first kappa shape index (κ1) is 19.0. The molecule has 0 radical (unpaired) electrons. The molecule has 2 aromatic heterocycles. The summed E-state index contributed by atoms with van der Waals surface area (Å²) in [7, 11) is 0. The van der Waals surface area contributed by atoms with Gasteiger partial charge in [-0.25, -0.2) is 0 Å². The Kier molecular flexibility index (Phi) is 5.21. The second-order valence-electron chi connectivity index (χ2n) is 8.56. The summed E-state index contributed by atoms with van der Waals surface area (Å²) in [5.41, 5.74) is 1.11. The summed E-state index contributed by atoms with van der Waals surface area (Å²) in [5.74, 6) is 0.294. The molecule has 0 unspecified atom stereocenters. The summed E-state index contributed by atoms with van der Waals surface area (Å²) < 4.78 is 0. The van der Waals surface area contributed by atoms with Crippen molar-refractivity contribution in [3.05, 3.63) is 46.4 Å². The van der Waals surface area contributed by atoms with Gasteiger partial charge < -0.3 is 9.97 Å². The van der Waals surface area contributed by atoms with Crippen molar-refractivity contribution in [2.75, 3.05) is 0 Å². The largest absolute Gasteiger partial charge is 0.358 e. The lowest BCUT2D eigenvalue weighted by Gasteiger charge is -2.15. The maximum Gasteiger partial charge on any atom is 0.163 e. The molecule has 4 nitrogen and oxygen atoms in total. The van der Waals surface area contributed by atoms with Crippen LogP contribution in [0.5, 0.6) is 0 Å². The van der Waals surface area contributed by atoms with Crippen molar-refractivity contribution in [1.82, 2.24) is 9.97 Å². The molecule has 0 amide bonds. The van der Waals surface area contributed by atoms with Crippen LogP contribution in [0.15, 0.2) is 24.3 Å². The summed E-state index contributed by atoms with van der Waals surface area (Å²) in [4.78, 5) is 30.7. The quantitative estimate of drug-likeness (QED) is 0.899. The molecule has 134 valence electrons. The summed E-state index contributed by atoms with van der Waals surface area (Å²) in [6.07, 6.45) is 4.00. The van der Waals surface area contributed by atoms with Crippen LogP contribution in [0.2, 0.25) is 0 Å². The molecule has 0 aromatic carbocycles. The molecule has 0 aliphatic carbocycles. The molecular weight excluding hydrogens is 312 g/mol. The number of carbonyl (C=O) groups excluding carboxylic acids is 2. The molecule has 2 heterocycles. The molecule has 2 aromatic rings. The lowest BCUT2D eigenvalue weighted by molar-refractivity contribution is -0.125. The van der Waals surface area contributed by atoms with Gasteiger partial charge in [0, 0.05) is 45.4 Å². The molecule has 2 rings (SSSR count). The highest BCUT2D eigenvalue weighted by atomic mass is 16.1. The van der Waals surface area contributed by atoms with E-state index in [1.807, 2.05) is 71.9 Å². The zero-order valence-electron chi connectivity index (χ0n) is 16.0. The molecule has 0 spiro atoms. The number of ketones is 2. The standard InChI is InChI=1S/C21H28N2O2/c1-20(2,3)18(24)12-16-9-7-14(22-16)11-15-8-10-17(23-15)13-19(25)21(4,5)6/h7-12,22-23H,13H2,1-6H3/b14-11-,16-12?. The van der Waals surface area contributed by atoms with E-state index in [0.717, 1.165) is 22.1 Å². The Hall–Kier alpha value is -2.36. The van der Waals surface area contributed by atoms with Gasteiger partial charge in [-0.1, -0.05) is 41.5 Å². The number of H-pyrrole nitrogens is 2. The average Bonchev–Trinajstić information content (AvgIpc) is 3.07. The van der Waals surface area contributed by atoms with E-state index in [0.29, 0.717) is 6.42 Å². The van der Waals surface area contributed by atoms with Crippen LogP contribution in [0.25, 0.3) is 12.2 Å². The Morgan fingerprint density at radius 1 is 0.880 bits per heavy atom. The van der Waals surface area contributed by atoms with Gasteiger partial charge in [-0.05, 0) is 30.3 Å². The van der Waals surface area contributed by atoms with Gasteiger partial charge in [0.05, 0.1) is 0 Å². The highest BCUT2D eigenvalue weighted by Crippen LogP contribution is 2.17. The molecule has 4 heteroatoms. The Morgan fingerprint density at radius 2 is 1.52 bits per heavy atom. The van der Waals surface area contributed by atoms with Crippen molar-refractivity contribution in [3.8, 4) is 0 Å². The average molecular weight is 340 g/mol. The van der Waals surface area contributed by atoms with E-state index in [1.165, 1.54) is 0 Å². The zero-order valence-corrected chi connectivity index (χ0v) is 16.0. The minimum Gasteiger partial charge on any atom is -0.358 e. The summed E-state index contributed by atoms with van der Waals surface area (Å²) in [6, 6.07) is 7.72. The molecule has 2 N–H and O–H groups in total. The third kappa shape index (κ3) is 5.31.